The van der Waals surface area contributed by atoms with Crippen LogP contribution in [0.2, 0.25) is 5.02 Å². The number of aromatic nitrogens is 4. The van der Waals surface area contributed by atoms with Crippen molar-refractivity contribution in [3.63, 3.8) is 0 Å². The topological polar surface area (TPSA) is 35.6 Å². The number of hydrogen-bond acceptors (Lipinski definition) is 2. The summed E-state index contributed by atoms with van der Waals surface area (Å²) in [7, 11) is 1.91. The Morgan fingerprint density at radius 3 is 2.65 bits per heavy atom. The van der Waals surface area contributed by atoms with Crippen LogP contribution in [-0.2, 0) is 19.3 Å². The van der Waals surface area contributed by atoms with E-state index < -0.39 is 0 Å². The van der Waals surface area contributed by atoms with Crippen molar-refractivity contribution in [1.82, 2.24) is 19.3 Å². The maximum absolute atomic E-state index is 6.32. The fourth-order valence-electron chi connectivity index (χ4n) is 2.44. The second-order valence-electron chi connectivity index (χ2n) is 4.54. The van der Waals surface area contributed by atoms with Crippen molar-refractivity contribution in [2.24, 2.45) is 7.05 Å². The van der Waals surface area contributed by atoms with Crippen molar-refractivity contribution < 1.29 is 0 Å². The minimum atomic E-state index is 0.322. The Kier molecular flexibility index (Phi) is 3.44. The van der Waals surface area contributed by atoms with Gasteiger partial charge in [-0.3, -0.25) is 4.57 Å². The summed E-state index contributed by atoms with van der Waals surface area (Å²) in [6.45, 7) is 2.07. The number of halogens is 2. The Bertz CT molecular complexity index is 773. The second-order valence-corrected chi connectivity index (χ2v) is 5.22. The first-order chi connectivity index (χ1) is 9.67. The molecular formula is C14H14Cl2N4. The van der Waals surface area contributed by atoms with Crippen LogP contribution in [0.25, 0.3) is 16.9 Å². The zero-order chi connectivity index (χ0) is 14.3. The highest BCUT2D eigenvalue weighted by Crippen LogP contribution is 2.28. The molecule has 0 radical (unpaired) electrons. The average Bonchev–Trinajstić information content (AvgIpc) is 2.97. The summed E-state index contributed by atoms with van der Waals surface area (Å²) in [6.07, 6.45) is 0.832. The number of fused-ring (bicyclic) bond motifs is 1. The Hall–Kier alpha value is -1.52. The third-order valence-corrected chi connectivity index (χ3v) is 3.88. The summed E-state index contributed by atoms with van der Waals surface area (Å²) < 4.78 is 3.82. The van der Waals surface area contributed by atoms with E-state index in [1.54, 1.807) is 0 Å². The number of imidazole rings is 1. The lowest BCUT2D eigenvalue weighted by Crippen LogP contribution is -2.04. The van der Waals surface area contributed by atoms with Crippen molar-refractivity contribution in [3.8, 4) is 5.69 Å². The molecule has 0 N–H and O–H groups in total. The molecule has 0 saturated carbocycles. The van der Waals surface area contributed by atoms with E-state index in [9.17, 15) is 0 Å². The van der Waals surface area contributed by atoms with Crippen LogP contribution in [0.4, 0.5) is 0 Å². The summed E-state index contributed by atoms with van der Waals surface area (Å²) in [5.41, 5.74) is 3.66. The predicted molar refractivity (Wildman–Crippen MR) is 81.8 cm³/mol. The molecule has 1 aromatic carbocycles. The number of nitrogens with zero attached hydrogens (tertiary/aromatic N) is 4. The van der Waals surface area contributed by atoms with E-state index in [0.29, 0.717) is 10.9 Å². The van der Waals surface area contributed by atoms with Gasteiger partial charge in [0, 0.05) is 7.05 Å². The van der Waals surface area contributed by atoms with Crippen LogP contribution < -0.4 is 0 Å². The smallest absolute Gasteiger partial charge is 0.163 e. The summed E-state index contributed by atoms with van der Waals surface area (Å²) in [5, 5.41) is 5.17. The third kappa shape index (κ3) is 1.91. The second kappa shape index (κ2) is 5.11. The zero-order valence-electron chi connectivity index (χ0n) is 11.3. The minimum Gasteiger partial charge on any atom is -0.278 e. The van der Waals surface area contributed by atoms with Gasteiger partial charge in [-0.1, -0.05) is 30.7 Å². The van der Waals surface area contributed by atoms with Crippen LogP contribution in [0.3, 0.4) is 0 Å². The van der Waals surface area contributed by atoms with Gasteiger partial charge in [-0.2, -0.15) is 5.10 Å². The zero-order valence-corrected chi connectivity index (χ0v) is 12.8. The van der Waals surface area contributed by atoms with Crippen molar-refractivity contribution in [1.29, 1.82) is 0 Å². The molecule has 3 aromatic rings. The first-order valence-corrected chi connectivity index (χ1v) is 7.32. The average molecular weight is 309 g/mol. The van der Waals surface area contributed by atoms with E-state index in [-0.39, 0.29) is 0 Å². The molecule has 0 fully saturated rings. The maximum atomic E-state index is 6.32. The van der Waals surface area contributed by atoms with Crippen molar-refractivity contribution in [2.75, 3.05) is 0 Å². The molecule has 0 saturated heterocycles. The molecule has 0 aliphatic rings. The molecule has 0 unspecified atom stereocenters. The number of para-hydroxylation sites is 1. The highest BCUT2D eigenvalue weighted by molar-refractivity contribution is 6.32. The Morgan fingerprint density at radius 1 is 1.25 bits per heavy atom. The quantitative estimate of drug-likeness (QED) is 0.691. The fraction of sp³-hybridized carbons (Fsp3) is 0.286. The number of alkyl halides is 1. The van der Waals surface area contributed by atoms with Gasteiger partial charge in [-0.15, -0.1) is 11.6 Å². The molecule has 2 heterocycles. The van der Waals surface area contributed by atoms with Gasteiger partial charge in [0.15, 0.2) is 5.65 Å². The number of rotatable bonds is 3. The van der Waals surface area contributed by atoms with Gasteiger partial charge in [0.05, 0.1) is 22.3 Å². The molecule has 3 rings (SSSR count). The molecule has 4 nitrogen and oxygen atoms in total. The van der Waals surface area contributed by atoms with Gasteiger partial charge in [-0.25, -0.2) is 9.67 Å². The lowest BCUT2D eigenvalue weighted by molar-refractivity contribution is 0.744. The van der Waals surface area contributed by atoms with Crippen LogP contribution >= 0.6 is 23.2 Å². The van der Waals surface area contributed by atoms with Crippen LogP contribution in [0.15, 0.2) is 24.3 Å². The van der Waals surface area contributed by atoms with E-state index in [4.69, 9.17) is 23.2 Å². The lowest BCUT2D eigenvalue weighted by Gasteiger charge is -2.09. The fourth-order valence-corrected chi connectivity index (χ4v) is 2.84. The first-order valence-electron chi connectivity index (χ1n) is 6.41. The van der Waals surface area contributed by atoms with Gasteiger partial charge in [0.2, 0.25) is 0 Å². The highest BCUT2D eigenvalue weighted by atomic mass is 35.5. The lowest BCUT2D eigenvalue weighted by atomic mass is 10.3. The van der Waals surface area contributed by atoms with Crippen molar-refractivity contribution in [3.05, 3.63) is 40.8 Å². The molecule has 2 aromatic heterocycles. The maximum Gasteiger partial charge on any atom is 0.163 e. The van der Waals surface area contributed by atoms with E-state index in [1.165, 1.54) is 0 Å². The Morgan fingerprint density at radius 2 is 2.00 bits per heavy atom. The summed E-state index contributed by atoms with van der Waals surface area (Å²) in [4.78, 5) is 4.63. The molecule has 0 atom stereocenters. The summed E-state index contributed by atoms with van der Waals surface area (Å²) >= 11 is 12.4. The first kappa shape index (κ1) is 13.5. The standard InChI is InChI=1S/C14H14Cl2N4/c1-3-10-13-14(19(2)18-10)20(12(8-15)17-13)11-7-5-4-6-9(11)16/h4-7H,3,8H2,1-2H3. The van der Waals surface area contributed by atoms with Crippen LogP contribution in [-0.4, -0.2) is 19.3 Å². The molecule has 0 bridgehead atoms. The van der Waals surface area contributed by atoms with E-state index >= 15 is 0 Å². The van der Waals surface area contributed by atoms with Crippen molar-refractivity contribution in [2.45, 2.75) is 19.2 Å². The van der Waals surface area contributed by atoms with Gasteiger partial charge in [0.1, 0.15) is 11.3 Å². The van der Waals surface area contributed by atoms with Crippen LogP contribution in [0.1, 0.15) is 18.4 Å². The normalized spacial score (nSPS) is 11.4. The molecule has 20 heavy (non-hydrogen) atoms. The molecule has 6 heteroatoms. The van der Waals surface area contributed by atoms with Crippen molar-refractivity contribution >= 4 is 34.4 Å². The molecule has 0 spiro atoms. The largest absolute Gasteiger partial charge is 0.278 e. The number of hydrogen-bond donors (Lipinski definition) is 0. The van der Waals surface area contributed by atoms with Gasteiger partial charge in [-0.05, 0) is 18.6 Å². The highest BCUT2D eigenvalue weighted by Gasteiger charge is 2.20. The monoisotopic (exact) mass is 308 g/mol. The SMILES string of the molecule is CCc1nn(C)c2c1nc(CCl)n2-c1ccccc1Cl. The summed E-state index contributed by atoms with van der Waals surface area (Å²) in [5.74, 6) is 1.10. The summed E-state index contributed by atoms with van der Waals surface area (Å²) in [6, 6.07) is 7.67. The van der Waals surface area contributed by atoms with Gasteiger partial charge >= 0.3 is 0 Å². The van der Waals surface area contributed by atoms with Crippen LogP contribution in [0, 0.1) is 0 Å². The molecule has 0 aliphatic carbocycles. The molecule has 104 valence electrons. The van der Waals surface area contributed by atoms with E-state index in [2.05, 4.69) is 17.0 Å². The predicted octanol–water partition coefficient (Wildman–Crippen LogP) is 3.71. The third-order valence-electron chi connectivity index (χ3n) is 3.32. The van der Waals surface area contributed by atoms with Crippen LogP contribution in [0.5, 0.6) is 0 Å². The Labute approximate surface area is 126 Å². The molecule has 0 amide bonds. The van der Waals surface area contributed by atoms with Gasteiger partial charge < -0.3 is 0 Å². The number of aryl methyl sites for hydroxylation is 2. The molecular weight excluding hydrogens is 295 g/mol. The van der Waals surface area contributed by atoms with E-state index in [1.807, 2.05) is 40.6 Å². The minimum absolute atomic E-state index is 0.322. The number of benzene rings is 1. The molecule has 0 aliphatic heterocycles. The van der Waals surface area contributed by atoms with E-state index in [0.717, 1.165) is 34.8 Å². The Balaban J connectivity index is 2.39. The van der Waals surface area contributed by atoms with Gasteiger partial charge in [0.25, 0.3) is 0 Å².